The predicted octanol–water partition coefficient (Wildman–Crippen LogP) is 1.17. The van der Waals surface area contributed by atoms with E-state index in [0.29, 0.717) is 18.2 Å². The number of hydrogen-bond donors (Lipinski definition) is 2. The molecule has 1 heterocycles. The average Bonchev–Trinajstić information content (AvgIpc) is 2.87. The number of carbonyl (C=O) groups is 1. The molecule has 1 atom stereocenters. The third-order valence-electron chi connectivity index (χ3n) is 3.56. The normalized spacial score (nSPS) is 18.2. The Morgan fingerprint density at radius 1 is 1.53 bits per heavy atom. The minimum atomic E-state index is -0.602. The molecule has 0 aliphatic heterocycles. The van der Waals surface area contributed by atoms with Crippen LogP contribution in [0, 0.1) is 0 Å². The van der Waals surface area contributed by atoms with E-state index in [2.05, 4.69) is 15.6 Å². The summed E-state index contributed by atoms with van der Waals surface area (Å²) in [5.74, 6) is -0.0330. The molecule has 2 N–H and O–H groups in total. The van der Waals surface area contributed by atoms with Crippen molar-refractivity contribution in [2.45, 2.75) is 64.1 Å². The number of rotatable bonds is 5. The van der Waals surface area contributed by atoms with Crippen molar-refractivity contribution < 1.29 is 9.90 Å². The van der Waals surface area contributed by atoms with Crippen molar-refractivity contribution in [2.24, 2.45) is 0 Å². The van der Waals surface area contributed by atoms with Crippen LogP contribution in [0.2, 0.25) is 0 Å². The quantitative estimate of drug-likeness (QED) is 0.838. The summed E-state index contributed by atoms with van der Waals surface area (Å²) in [7, 11) is 0. The van der Waals surface area contributed by atoms with Crippen LogP contribution in [0.3, 0.4) is 0 Å². The van der Waals surface area contributed by atoms with Crippen LogP contribution < -0.4 is 5.32 Å². The number of aliphatic hydroxyl groups excluding tert-OH is 1. The maximum Gasteiger partial charge on any atom is 0.242 e. The number of nitrogens with one attached hydrogen (secondary N) is 1. The van der Waals surface area contributed by atoms with Crippen molar-refractivity contribution >= 4 is 5.91 Å². The number of aromatic nitrogens is 3. The molecule has 19 heavy (non-hydrogen) atoms. The Balaban J connectivity index is 1.82. The topological polar surface area (TPSA) is 80.0 Å². The first-order valence-corrected chi connectivity index (χ1v) is 7.06. The molecule has 1 aromatic heterocycles. The van der Waals surface area contributed by atoms with E-state index < -0.39 is 6.10 Å². The van der Waals surface area contributed by atoms with Crippen LogP contribution in [0.25, 0.3) is 0 Å². The molecule has 0 spiro atoms. The third-order valence-corrected chi connectivity index (χ3v) is 3.56. The predicted molar refractivity (Wildman–Crippen MR) is 70.3 cm³/mol. The number of amides is 1. The Kier molecular flexibility index (Phi) is 4.90. The zero-order chi connectivity index (χ0) is 13.7. The van der Waals surface area contributed by atoms with E-state index in [1.807, 2.05) is 6.92 Å². The van der Waals surface area contributed by atoms with E-state index in [9.17, 15) is 9.90 Å². The molecular weight excluding hydrogens is 244 g/mol. The maximum atomic E-state index is 11.9. The van der Waals surface area contributed by atoms with E-state index in [1.165, 1.54) is 23.9 Å². The summed E-state index contributed by atoms with van der Waals surface area (Å²) in [5, 5.41) is 20.4. The molecular formula is C13H22N4O2. The van der Waals surface area contributed by atoms with Gasteiger partial charge in [0.1, 0.15) is 12.2 Å². The first-order chi connectivity index (χ1) is 9.19. The van der Waals surface area contributed by atoms with Gasteiger partial charge in [-0.15, -0.1) is 5.10 Å². The van der Waals surface area contributed by atoms with Crippen molar-refractivity contribution in [1.29, 1.82) is 0 Å². The van der Waals surface area contributed by atoms with Crippen LogP contribution >= 0.6 is 0 Å². The Hall–Kier alpha value is -1.43. The zero-order valence-corrected chi connectivity index (χ0v) is 11.4. The van der Waals surface area contributed by atoms with Gasteiger partial charge in [-0.1, -0.05) is 31.4 Å². The largest absolute Gasteiger partial charge is 0.387 e. The molecule has 1 saturated carbocycles. The molecule has 106 valence electrons. The summed E-state index contributed by atoms with van der Waals surface area (Å²) in [5.41, 5.74) is 0.521. The molecule has 1 aliphatic rings. The van der Waals surface area contributed by atoms with Gasteiger partial charge in [-0.2, -0.15) is 0 Å². The lowest BCUT2D eigenvalue weighted by atomic mass is 9.95. The van der Waals surface area contributed by atoms with E-state index in [1.54, 1.807) is 6.20 Å². The molecule has 6 nitrogen and oxygen atoms in total. The molecule has 1 fully saturated rings. The van der Waals surface area contributed by atoms with Gasteiger partial charge in [-0.05, 0) is 19.3 Å². The Morgan fingerprint density at radius 3 is 2.95 bits per heavy atom. The summed E-state index contributed by atoms with van der Waals surface area (Å²) >= 11 is 0. The van der Waals surface area contributed by atoms with Crippen molar-refractivity contribution in [3.8, 4) is 0 Å². The van der Waals surface area contributed by atoms with E-state index in [4.69, 9.17) is 0 Å². The molecule has 0 bridgehead atoms. The van der Waals surface area contributed by atoms with Crippen LogP contribution in [0.5, 0.6) is 0 Å². The Bertz CT molecular complexity index is 413. The highest BCUT2D eigenvalue weighted by Crippen LogP contribution is 2.17. The lowest BCUT2D eigenvalue weighted by molar-refractivity contribution is -0.122. The van der Waals surface area contributed by atoms with Gasteiger partial charge in [0.2, 0.25) is 5.91 Å². The summed E-state index contributed by atoms with van der Waals surface area (Å²) in [6, 6.07) is 0.311. The van der Waals surface area contributed by atoms with Crippen LogP contribution in [0.15, 0.2) is 6.20 Å². The summed E-state index contributed by atoms with van der Waals surface area (Å²) < 4.78 is 1.48. The van der Waals surface area contributed by atoms with Gasteiger partial charge in [-0.25, -0.2) is 4.68 Å². The highest BCUT2D eigenvalue weighted by Gasteiger charge is 2.16. The van der Waals surface area contributed by atoms with Crippen molar-refractivity contribution in [2.75, 3.05) is 0 Å². The molecule has 2 rings (SSSR count). The van der Waals surface area contributed by atoms with E-state index >= 15 is 0 Å². The summed E-state index contributed by atoms with van der Waals surface area (Å²) in [6.07, 6.45) is 7.43. The Labute approximate surface area is 113 Å². The summed E-state index contributed by atoms with van der Waals surface area (Å²) in [6.45, 7) is 2.04. The second-order valence-electron chi connectivity index (χ2n) is 5.17. The van der Waals surface area contributed by atoms with Gasteiger partial charge in [0, 0.05) is 6.04 Å². The highest BCUT2D eigenvalue weighted by molar-refractivity contribution is 5.75. The second kappa shape index (κ2) is 6.65. The van der Waals surface area contributed by atoms with Gasteiger partial charge >= 0.3 is 0 Å². The molecule has 0 saturated heterocycles. The van der Waals surface area contributed by atoms with Crippen LogP contribution in [0.1, 0.15) is 57.2 Å². The highest BCUT2D eigenvalue weighted by atomic mass is 16.3. The van der Waals surface area contributed by atoms with Crippen molar-refractivity contribution in [3.63, 3.8) is 0 Å². The molecule has 0 radical (unpaired) electrons. The van der Waals surface area contributed by atoms with Gasteiger partial charge in [0.05, 0.1) is 12.3 Å². The fourth-order valence-corrected chi connectivity index (χ4v) is 2.42. The average molecular weight is 266 g/mol. The number of nitrogens with zero attached hydrogens (tertiary/aromatic N) is 3. The first-order valence-electron chi connectivity index (χ1n) is 7.06. The van der Waals surface area contributed by atoms with Crippen LogP contribution in [0.4, 0.5) is 0 Å². The number of carbonyl (C=O) groups excluding carboxylic acids is 1. The van der Waals surface area contributed by atoms with Crippen molar-refractivity contribution in [3.05, 3.63) is 11.9 Å². The summed E-state index contributed by atoms with van der Waals surface area (Å²) in [4.78, 5) is 11.9. The maximum absolute atomic E-state index is 11.9. The van der Waals surface area contributed by atoms with Gasteiger partial charge < -0.3 is 10.4 Å². The molecule has 1 aliphatic carbocycles. The van der Waals surface area contributed by atoms with E-state index in [-0.39, 0.29) is 12.5 Å². The van der Waals surface area contributed by atoms with Gasteiger partial charge in [0.15, 0.2) is 0 Å². The minimum Gasteiger partial charge on any atom is -0.387 e. The third kappa shape index (κ3) is 4.02. The fourth-order valence-electron chi connectivity index (χ4n) is 2.42. The second-order valence-corrected chi connectivity index (χ2v) is 5.17. The molecule has 1 aromatic rings. The minimum absolute atomic E-state index is 0.0330. The first kappa shape index (κ1) is 14.0. The SMILES string of the molecule is CCC(O)c1cn(CC(=O)NC2CCCCC2)nn1. The van der Waals surface area contributed by atoms with Gasteiger partial charge in [0.25, 0.3) is 0 Å². The standard InChI is InChI=1S/C13H22N4O2/c1-2-12(18)11-8-17(16-15-11)9-13(19)14-10-6-4-3-5-7-10/h8,10,12,18H,2-7,9H2,1H3,(H,14,19). The lowest BCUT2D eigenvalue weighted by Crippen LogP contribution is -2.38. The molecule has 0 aromatic carbocycles. The lowest BCUT2D eigenvalue weighted by Gasteiger charge is -2.22. The molecule has 1 amide bonds. The smallest absolute Gasteiger partial charge is 0.242 e. The zero-order valence-electron chi connectivity index (χ0n) is 11.4. The fraction of sp³-hybridized carbons (Fsp3) is 0.769. The van der Waals surface area contributed by atoms with Crippen LogP contribution in [-0.4, -0.2) is 32.0 Å². The molecule has 6 heteroatoms. The van der Waals surface area contributed by atoms with E-state index in [0.717, 1.165) is 12.8 Å². The number of hydrogen-bond acceptors (Lipinski definition) is 4. The van der Waals surface area contributed by atoms with Crippen LogP contribution in [-0.2, 0) is 11.3 Å². The number of aliphatic hydroxyl groups is 1. The monoisotopic (exact) mass is 266 g/mol. The molecule has 1 unspecified atom stereocenters. The van der Waals surface area contributed by atoms with Crippen molar-refractivity contribution in [1.82, 2.24) is 20.3 Å². The van der Waals surface area contributed by atoms with Gasteiger partial charge in [-0.3, -0.25) is 4.79 Å². The Morgan fingerprint density at radius 2 is 2.26 bits per heavy atom.